The molecular weight excluding hydrogens is 298 g/mol. The summed E-state index contributed by atoms with van der Waals surface area (Å²) in [5.74, 6) is 0.211. The Hall–Kier alpha value is -1.14. The van der Waals surface area contributed by atoms with Gasteiger partial charge in [-0.25, -0.2) is 4.79 Å². The Balaban J connectivity index is 3.61. The summed E-state index contributed by atoms with van der Waals surface area (Å²) in [4.78, 5) is 23.2. The summed E-state index contributed by atoms with van der Waals surface area (Å²) in [6.07, 6.45) is 0.976. The first kappa shape index (κ1) is 21.9. The average molecular weight is 331 g/mol. The van der Waals surface area contributed by atoms with Crippen LogP contribution in [0, 0.1) is 11.8 Å². The summed E-state index contributed by atoms with van der Waals surface area (Å²) >= 11 is 0. The van der Waals surface area contributed by atoms with Crippen molar-refractivity contribution in [1.29, 1.82) is 0 Å². The van der Waals surface area contributed by atoms with Gasteiger partial charge >= 0.3 is 5.97 Å². The molecule has 6 nitrogen and oxygen atoms in total. The number of nitrogens with one attached hydrogen (secondary N) is 1. The van der Waals surface area contributed by atoms with Crippen molar-refractivity contribution in [3.63, 3.8) is 0 Å². The Labute approximate surface area is 140 Å². The van der Waals surface area contributed by atoms with Crippen LogP contribution in [0.15, 0.2) is 0 Å². The van der Waals surface area contributed by atoms with Crippen molar-refractivity contribution < 1.29 is 23.8 Å². The fourth-order valence-electron chi connectivity index (χ4n) is 1.57. The molecule has 0 rings (SSSR count). The molecule has 1 unspecified atom stereocenters. The van der Waals surface area contributed by atoms with Crippen LogP contribution in [-0.4, -0.2) is 51.0 Å². The van der Waals surface area contributed by atoms with Crippen LogP contribution >= 0.6 is 0 Å². The van der Waals surface area contributed by atoms with Gasteiger partial charge < -0.3 is 19.5 Å². The summed E-state index contributed by atoms with van der Waals surface area (Å²) in [6, 6.07) is 0. The smallest absolute Gasteiger partial charge is 0.335 e. The molecule has 136 valence electrons. The monoisotopic (exact) mass is 331 g/mol. The second-order valence-corrected chi connectivity index (χ2v) is 6.48. The molecule has 1 atom stereocenters. The molecule has 0 fully saturated rings. The number of ether oxygens (including phenoxy) is 3. The van der Waals surface area contributed by atoms with Gasteiger partial charge in [-0.1, -0.05) is 27.7 Å². The molecule has 0 bridgehead atoms. The molecule has 0 aromatic rings. The van der Waals surface area contributed by atoms with Crippen LogP contribution in [0.2, 0.25) is 0 Å². The zero-order valence-electron chi connectivity index (χ0n) is 15.2. The highest BCUT2D eigenvalue weighted by atomic mass is 16.6. The molecule has 0 aromatic carbocycles. The van der Waals surface area contributed by atoms with Crippen molar-refractivity contribution in [2.24, 2.45) is 11.8 Å². The zero-order chi connectivity index (χ0) is 17.7. The van der Waals surface area contributed by atoms with Crippen molar-refractivity contribution >= 4 is 11.9 Å². The Morgan fingerprint density at radius 3 is 2.30 bits per heavy atom. The standard InChI is InChI=1S/C17H33NO5/c1-13(2)7-10-22-15(5)17(20)23-12-16(19)18-8-6-9-21-11-14(3)4/h13-15H,6-12H2,1-5H3,(H,18,19). The number of amides is 1. The van der Waals surface area contributed by atoms with E-state index < -0.39 is 12.1 Å². The second-order valence-electron chi connectivity index (χ2n) is 6.48. The topological polar surface area (TPSA) is 73.9 Å². The first-order valence-electron chi connectivity index (χ1n) is 8.45. The van der Waals surface area contributed by atoms with Gasteiger partial charge in [0.1, 0.15) is 0 Å². The quantitative estimate of drug-likeness (QED) is 0.413. The molecule has 0 saturated heterocycles. The number of rotatable bonds is 13. The molecule has 1 N–H and O–H groups in total. The van der Waals surface area contributed by atoms with E-state index in [0.717, 1.165) is 19.4 Å². The first-order chi connectivity index (χ1) is 10.8. The van der Waals surface area contributed by atoms with Crippen LogP contribution in [0.3, 0.4) is 0 Å². The van der Waals surface area contributed by atoms with Gasteiger partial charge in [0.05, 0.1) is 0 Å². The fourth-order valence-corrected chi connectivity index (χ4v) is 1.57. The molecule has 0 aliphatic heterocycles. The summed E-state index contributed by atoms with van der Waals surface area (Å²) in [5, 5.41) is 2.69. The van der Waals surface area contributed by atoms with E-state index in [0.29, 0.717) is 31.6 Å². The lowest BCUT2D eigenvalue weighted by Crippen LogP contribution is -2.32. The summed E-state index contributed by atoms with van der Waals surface area (Å²) in [6.45, 7) is 12.1. The lowest BCUT2D eigenvalue weighted by atomic mass is 10.1. The first-order valence-corrected chi connectivity index (χ1v) is 8.45. The number of carbonyl (C=O) groups is 2. The Bertz CT molecular complexity index is 331. The van der Waals surface area contributed by atoms with E-state index in [1.165, 1.54) is 0 Å². The maximum atomic E-state index is 11.7. The van der Waals surface area contributed by atoms with Gasteiger partial charge in [0.2, 0.25) is 0 Å². The van der Waals surface area contributed by atoms with Crippen LogP contribution in [0.1, 0.15) is 47.5 Å². The SMILES string of the molecule is CC(C)CCOC(C)C(=O)OCC(=O)NCCCOCC(C)C. The summed E-state index contributed by atoms with van der Waals surface area (Å²) in [5.41, 5.74) is 0. The van der Waals surface area contributed by atoms with Gasteiger partial charge in [0.25, 0.3) is 5.91 Å². The van der Waals surface area contributed by atoms with Crippen molar-refractivity contribution in [2.75, 3.05) is 33.0 Å². The van der Waals surface area contributed by atoms with E-state index in [-0.39, 0.29) is 12.5 Å². The van der Waals surface area contributed by atoms with E-state index in [2.05, 4.69) is 33.0 Å². The van der Waals surface area contributed by atoms with Gasteiger partial charge in [-0.15, -0.1) is 0 Å². The molecule has 0 saturated carbocycles. The minimum atomic E-state index is -0.647. The van der Waals surface area contributed by atoms with E-state index in [1.807, 2.05) is 0 Å². The number of hydrogen-bond acceptors (Lipinski definition) is 5. The molecule has 23 heavy (non-hydrogen) atoms. The summed E-state index contributed by atoms with van der Waals surface area (Å²) < 4.78 is 15.7. The Morgan fingerprint density at radius 1 is 1.00 bits per heavy atom. The van der Waals surface area contributed by atoms with Gasteiger partial charge in [-0.3, -0.25) is 4.79 Å². The Kier molecular flexibility index (Phi) is 12.7. The molecule has 0 aliphatic carbocycles. The van der Waals surface area contributed by atoms with E-state index in [1.54, 1.807) is 6.92 Å². The van der Waals surface area contributed by atoms with Gasteiger partial charge in [-0.2, -0.15) is 0 Å². The number of carbonyl (C=O) groups excluding carboxylic acids is 2. The molecule has 1 amide bonds. The van der Waals surface area contributed by atoms with Gasteiger partial charge in [-0.05, 0) is 31.6 Å². The van der Waals surface area contributed by atoms with Crippen LogP contribution < -0.4 is 5.32 Å². The van der Waals surface area contributed by atoms with Crippen molar-refractivity contribution in [1.82, 2.24) is 5.32 Å². The van der Waals surface area contributed by atoms with Crippen LogP contribution in [0.4, 0.5) is 0 Å². The highest BCUT2D eigenvalue weighted by molar-refractivity contribution is 5.81. The molecule has 0 aliphatic rings. The van der Waals surface area contributed by atoms with Crippen molar-refractivity contribution in [2.45, 2.75) is 53.6 Å². The number of esters is 1. The molecule has 0 heterocycles. The van der Waals surface area contributed by atoms with E-state index >= 15 is 0 Å². The highest BCUT2D eigenvalue weighted by Gasteiger charge is 2.16. The predicted octanol–water partition coefficient (Wildman–Crippen LogP) is 2.16. The molecular formula is C17H33NO5. The third-order valence-corrected chi connectivity index (χ3v) is 2.98. The van der Waals surface area contributed by atoms with Crippen molar-refractivity contribution in [3.05, 3.63) is 0 Å². The molecule has 6 heteroatoms. The lowest BCUT2D eigenvalue weighted by Gasteiger charge is -2.13. The van der Waals surface area contributed by atoms with Crippen molar-refractivity contribution in [3.8, 4) is 0 Å². The van der Waals surface area contributed by atoms with Gasteiger partial charge in [0, 0.05) is 26.4 Å². The van der Waals surface area contributed by atoms with E-state index in [4.69, 9.17) is 14.2 Å². The molecule has 0 radical (unpaired) electrons. The minimum absolute atomic E-state index is 0.274. The average Bonchev–Trinajstić information content (AvgIpc) is 2.47. The summed E-state index contributed by atoms with van der Waals surface area (Å²) in [7, 11) is 0. The van der Waals surface area contributed by atoms with Crippen LogP contribution in [0.5, 0.6) is 0 Å². The highest BCUT2D eigenvalue weighted by Crippen LogP contribution is 2.02. The largest absolute Gasteiger partial charge is 0.454 e. The number of hydrogen-bond donors (Lipinski definition) is 1. The normalized spacial score (nSPS) is 12.5. The Morgan fingerprint density at radius 2 is 1.70 bits per heavy atom. The van der Waals surface area contributed by atoms with Crippen LogP contribution in [0.25, 0.3) is 0 Å². The maximum absolute atomic E-state index is 11.7. The van der Waals surface area contributed by atoms with Crippen LogP contribution in [-0.2, 0) is 23.8 Å². The van der Waals surface area contributed by atoms with E-state index in [9.17, 15) is 9.59 Å². The van der Waals surface area contributed by atoms with Gasteiger partial charge in [0.15, 0.2) is 12.7 Å². The molecule has 0 aromatic heterocycles. The maximum Gasteiger partial charge on any atom is 0.335 e. The predicted molar refractivity (Wildman–Crippen MR) is 89.1 cm³/mol. The lowest BCUT2D eigenvalue weighted by molar-refractivity contribution is -0.159. The molecule has 0 spiro atoms. The fraction of sp³-hybridized carbons (Fsp3) is 0.882. The third-order valence-electron chi connectivity index (χ3n) is 2.98. The third kappa shape index (κ3) is 14.2. The minimum Gasteiger partial charge on any atom is -0.454 e. The second kappa shape index (κ2) is 13.3. The zero-order valence-corrected chi connectivity index (χ0v) is 15.2.